The first-order valence-corrected chi connectivity index (χ1v) is 8.50. The smallest absolute Gasteiger partial charge is 0.194 e. The third kappa shape index (κ3) is 2.84. The number of Topliss-reactive ketones (excluding diaryl/α,β-unsaturated/α-hetero) is 1. The summed E-state index contributed by atoms with van der Waals surface area (Å²) in [4.78, 5) is 13.2. The van der Waals surface area contributed by atoms with E-state index in [-0.39, 0.29) is 5.78 Å². The largest absolute Gasteiger partial charge is 0.289 e. The van der Waals surface area contributed by atoms with Gasteiger partial charge in [0.15, 0.2) is 5.78 Å². The van der Waals surface area contributed by atoms with Crippen molar-refractivity contribution in [1.29, 1.82) is 0 Å². The number of halogens is 1. The highest BCUT2D eigenvalue weighted by atomic mass is 35.5. The van der Waals surface area contributed by atoms with Crippen LogP contribution in [0.2, 0.25) is 0 Å². The predicted octanol–water partition coefficient (Wildman–Crippen LogP) is 5.96. The Hall–Kier alpha value is -2.90. The van der Waals surface area contributed by atoms with Gasteiger partial charge in [0, 0.05) is 27.3 Å². The summed E-state index contributed by atoms with van der Waals surface area (Å²) in [6.07, 6.45) is 1.79. The van der Waals surface area contributed by atoms with E-state index in [0.29, 0.717) is 16.2 Å². The molecule has 120 valence electrons. The highest BCUT2D eigenvalue weighted by molar-refractivity contribution is 6.51. The van der Waals surface area contributed by atoms with Crippen LogP contribution in [-0.4, -0.2) is 5.78 Å². The standard InChI is InChI=1S/C23H15ClO/c24-21-15-20(23(25)19-14-8-7-13-18(19)21)22(16-9-3-1-4-10-16)17-11-5-2-6-12-17/h1-15H. The first-order chi connectivity index (χ1) is 12.3. The Bertz CT molecular complexity index is 957. The van der Waals surface area contributed by atoms with Gasteiger partial charge in [-0.05, 0) is 17.2 Å². The maximum Gasteiger partial charge on any atom is 0.194 e. The molecule has 0 saturated carbocycles. The molecule has 0 fully saturated rings. The van der Waals surface area contributed by atoms with Crippen molar-refractivity contribution in [2.24, 2.45) is 0 Å². The fourth-order valence-electron chi connectivity index (χ4n) is 3.18. The molecule has 0 amide bonds. The molecule has 0 spiro atoms. The lowest BCUT2D eigenvalue weighted by Crippen LogP contribution is -2.12. The van der Waals surface area contributed by atoms with Crippen LogP contribution in [0, 0.1) is 0 Å². The summed E-state index contributed by atoms with van der Waals surface area (Å²) < 4.78 is 0. The molecule has 2 heteroatoms. The van der Waals surface area contributed by atoms with Crippen molar-refractivity contribution in [3.63, 3.8) is 0 Å². The van der Waals surface area contributed by atoms with Crippen LogP contribution in [0.25, 0.3) is 10.6 Å². The molecule has 3 aromatic carbocycles. The summed E-state index contributed by atoms with van der Waals surface area (Å²) in [6, 6.07) is 27.4. The monoisotopic (exact) mass is 342 g/mol. The van der Waals surface area contributed by atoms with Crippen LogP contribution in [0.3, 0.4) is 0 Å². The molecule has 0 aromatic heterocycles. The average Bonchev–Trinajstić information content (AvgIpc) is 2.68. The van der Waals surface area contributed by atoms with E-state index >= 15 is 0 Å². The van der Waals surface area contributed by atoms with Gasteiger partial charge in [0.1, 0.15) is 0 Å². The fraction of sp³-hybridized carbons (Fsp3) is 0. The van der Waals surface area contributed by atoms with Gasteiger partial charge >= 0.3 is 0 Å². The minimum atomic E-state index is 0.00251. The SMILES string of the molecule is O=C1C(=C(c2ccccc2)c2ccccc2)C=C(Cl)c2ccccc21. The molecule has 0 saturated heterocycles. The molecule has 25 heavy (non-hydrogen) atoms. The summed E-state index contributed by atoms with van der Waals surface area (Å²) in [5, 5.41) is 0.592. The van der Waals surface area contributed by atoms with E-state index in [9.17, 15) is 4.79 Å². The maximum atomic E-state index is 13.2. The highest BCUT2D eigenvalue weighted by Gasteiger charge is 2.25. The summed E-state index contributed by atoms with van der Waals surface area (Å²) in [5.41, 5.74) is 4.96. The van der Waals surface area contributed by atoms with Crippen LogP contribution in [0.1, 0.15) is 27.0 Å². The van der Waals surface area contributed by atoms with Gasteiger partial charge in [-0.25, -0.2) is 0 Å². The van der Waals surface area contributed by atoms with E-state index in [1.807, 2.05) is 84.9 Å². The maximum absolute atomic E-state index is 13.2. The molecule has 0 bridgehead atoms. The Labute approximate surface area is 151 Å². The lowest BCUT2D eigenvalue weighted by Gasteiger charge is -2.19. The van der Waals surface area contributed by atoms with Crippen molar-refractivity contribution in [2.45, 2.75) is 0 Å². The molecule has 1 nitrogen and oxygen atoms in total. The number of allylic oxidation sites excluding steroid dienone is 2. The summed E-state index contributed by atoms with van der Waals surface area (Å²) in [7, 11) is 0. The lowest BCUT2D eigenvalue weighted by molar-refractivity contribution is 0.103. The molecule has 0 aliphatic heterocycles. The Kier molecular flexibility index (Phi) is 4.09. The van der Waals surface area contributed by atoms with E-state index in [2.05, 4.69) is 0 Å². The van der Waals surface area contributed by atoms with Crippen molar-refractivity contribution in [3.05, 3.63) is 119 Å². The quantitative estimate of drug-likeness (QED) is 0.525. The summed E-state index contributed by atoms with van der Waals surface area (Å²) in [6.45, 7) is 0. The number of benzene rings is 3. The molecule has 1 aliphatic carbocycles. The topological polar surface area (TPSA) is 17.1 Å². The van der Waals surface area contributed by atoms with Gasteiger partial charge in [-0.15, -0.1) is 0 Å². The third-order valence-corrected chi connectivity index (χ3v) is 4.65. The van der Waals surface area contributed by atoms with Crippen LogP contribution in [0.5, 0.6) is 0 Å². The van der Waals surface area contributed by atoms with Crippen molar-refractivity contribution >= 4 is 28.0 Å². The van der Waals surface area contributed by atoms with Gasteiger partial charge in [-0.3, -0.25) is 4.79 Å². The van der Waals surface area contributed by atoms with Crippen molar-refractivity contribution in [1.82, 2.24) is 0 Å². The predicted molar refractivity (Wildman–Crippen MR) is 104 cm³/mol. The van der Waals surface area contributed by atoms with Gasteiger partial charge < -0.3 is 0 Å². The second-order valence-corrected chi connectivity index (χ2v) is 6.29. The fourth-order valence-corrected chi connectivity index (χ4v) is 3.45. The number of hydrogen-bond donors (Lipinski definition) is 0. The van der Waals surface area contributed by atoms with Gasteiger partial charge in [-0.1, -0.05) is 96.5 Å². The third-order valence-electron chi connectivity index (χ3n) is 4.34. The number of rotatable bonds is 2. The highest BCUT2D eigenvalue weighted by Crippen LogP contribution is 2.37. The molecule has 0 unspecified atom stereocenters. The van der Waals surface area contributed by atoms with E-state index in [0.717, 1.165) is 22.3 Å². The molecular formula is C23H15ClO. The van der Waals surface area contributed by atoms with E-state index in [4.69, 9.17) is 11.6 Å². The number of ketones is 1. The normalized spacial score (nSPS) is 13.2. The van der Waals surface area contributed by atoms with Crippen molar-refractivity contribution in [3.8, 4) is 0 Å². The number of fused-ring (bicyclic) bond motifs is 1. The minimum absolute atomic E-state index is 0.00251. The molecule has 4 rings (SSSR count). The zero-order valence-corrected chi connectivity index (χ0v) is 14.2. The summed E-state index contributed by atoms with van der Waals surface area (Å²) >= 11 is 6.50. The second kappa shape index (κ2) is 6.54. The van der Waals surface area contributed by atoms with Crippen LogP contribution in [0.15, 0.2) is 96.6 Å². The molecule has 0 atom stereocenters. The van der Waals surface area contributed by atoms with Crippen LogP contribution < -0.4 is 0 Å². The average molecular weight is 343 g/mol. The van der Waals surface area contributed by atoms with E-state index < -0.39 is 0 Å². The zero-order chi connectivity index (χ0) is 17.2. The molecule has 0 radical (unpaired) electrons. The van der Waals surface area contributed by atoms with Gasteiger partial charge in [0.25, 0.3) is 0 Å². The van der Waals surface area contributed by atoms with Gasteiger partial charge in [0.2, 0.25) is 0 Å². The number of carbonyl (C=O) groups excluding carboxylic acids is 1. The van der Waals surface area contributed by atoms with Crippen molar-refractivity contribution < 1.29 is 4.79 Å². The molecule has 3 aromatic rings. The van der Waals surface area contributed by atoms with Crippen molar-refractivity contribution in [2.75, 3.05) is 0 Å². The molecular weight excluding hydrogens is 328 g/mol. The first-order valence-electron chi connectivity index (χ1n) is 8.12. The molecule has 0 N–H and O–H groups in total. The Balaban J connectivity index is 2.02. The summed E-state index contributed by atoms with van der Waals surface area (Å²) in [5.74, 6) is 0.00251. The number of hydrogen-bond acceptors (Lipinski definition) is 1. The van der Waals surface area contributed by atoms with E-state index in [1.165, 1.54) is 0 Å². The van der Waals surface area contributed by atoms with Crippen LogP contribution in [-0.2, 0) is 0 Å². The Morgan fingerprint density at radius 3 is 1.68 bits per heavy atom. The molecule has 1 aliphatic rings. The van der Waals surface area contributed by atoms with Crippen LogP contribution >= 0.6 is 11.6 Å². The molecule has 0 heterocycles. The second-order valence-electron chi connectivity index (χ2n) is 5.89. The van der Waals surface area contributed by atoms with Gasteiger partial charge in [0.05, 0.1) is 0 Å². The van der Waals surface area contributed by atoms with Crippen LogP contribution in [0.4, 0.5) is 0 Å². The Morgan fingerprint density at radius 1 is 0.640 bits per heavy atom. The van der Waals surface area contributed by atoms with Gasteiger partial charge in [-0.2, -0.15) is 0 Å². The lowest BCUT2D eigenvalue weighted by atomic mass is 9.85. The Morgan fingerprint density at radius 2 is 1.12 bits per heavy atom. The first kappa shape index (κ1) is 15.6. The minimum Gasteiger partial charge on any atom is -0.289 e. The number of carbonyl (C=O) groups is 1. The van der Waals surface area contributed by atoms with E-state index in [1.54, 1.807) is 6.08 Å². The zero-order valence-electron chi connectivity index (χ0n) is 13.4.